The van der Waals surface area contributed by atoms with Gasteiger partial charge in [0.25, 0.3) is 0 Å². The Morgan fingerprint density at radius 1 is 1.45 bits per heavy atom. The summed E-state index contributed by atoms with van der Waals surface area (Å²) in [5.41, 5.74) is 0.781. The molecule has 1 aromatic rings. The standard InChI is InChI=1S/C13H18N2O4S/c1-3-12(8-14)20(17,18)15-11-5-6-13(19-4-2)10(7-11)9-16/h5-7,12,15-16H,3-4,9H2,1-2H3. The summed E-state index contributed by atoms with van der Waals surface area (Å²) >= 11 is 0. The fraction of sp³-hybridized carbons (Fsp3) is 0.462. The molecular formula is C13H18N2O4S. The number of rotatable bonds is 7. The summed E-state index contributed by atoms with van der Waals surface area (Å²) in [6.45, 7) is 3.63. The Bertz CT molecular complexity index is 593. The van der Waals surface area contributed by atoms with Gasteiger partial charge in [-0.15, -0.1) is 0 Å². The van der Waals surface area contributed by atoms with E-state index in [0.29, 0.717) is 23.6 Å². The highest BCUT2D eigenvalue weighted by atomic mass is 32.2. The second-order valence-electron chi connectivity index (χ2n) is 4.09. The molecule has 0 radical (unpaired) electrons. The second kappa shape index (κ2) is 7.12. The first-order valence-corrected chi connectivity index (χ1v) is 7.80. The van der Waals surface area contributed by atoms with Crippen molar-refractivity contribution >= 4 is 15.7 Å². The van der Waals surface area contributed by atoms with Crippen molar-refractivity contribution in [2.75, 3.05) is 11.3 Å². The fourth-order valence-electron chi connectivity index (χ4n) is 1.68. The van der Waals surface area contributed by atoms with Gasteiger partial charge < -0.3 is 9.84 Å². The van der Waals surface area contributed by atoms with Crippen molar-refractivity contribution in [3.63, 3.8) is 0 Å². The van der Waals surface area contributed by atoms with Crippen LogP contribution in [0.3, 0.4) is 0 Å². The van der Waals surface area contributed by atoms with Gasteiger partial charge in [0.2, 0.25) is 10.0 Å². The molecule has 1 rings (SSSR count). The summed E-state index contributed by atoms with van der Waals surface area (Å²) in [4.78, 5) is 0. The number of sulfonamides is 1. The Labute approximate surface area is 119 Å². The minimum absolute atomic E-state index is 0.204. The van der Waals surface area contributed by atoms with E-state index in [1.165, 1.54) is 12.1 Å². The van der Waals surface area contributed by atoms with E-state index in [2.05, 4.69) is 4.72 Å². The summed E-state index contributed by atoms with van der Waals surface area (Å²) in [5, 5.41) is 17.0. The van der Waals surface area contributed by atoms with Gasteiger partial charge in [-0.3, -0.25) is 4.72 Å². The van der Waals surface area contributed by atoms with Crippen LogP contribution in [0.2, 0.25) is 0 Å². The highest BCUT2D eigenvalue weighted by Crippen LogP contribution is 2.24. The first kappa shape index (κ1) is 16.3. The highest BCUT2D eigenvalue weighted by Gasteiger charge is 2.23. The zero-order valence-electron chi connectivity index (χ0n) is 11.5. The zero-order chi connectivity index (χ0) is 15.2. The lowest BCUT2D eigenvalue weighted by Crippen LogP contribution is -2.26. The quantitative estimate of drug-likeness (QED) is 0.797. The average molecular weight is 298 g/mol. The van der Waals surface area contributed by atoms with Gasteiger partial charge in [-0.05, 0) is 31.5 Å². The summed E-state index contributed by atoms with van der Waals surface area (Å²) in [5.74, 6) is 0.505. The summed E-state index contributed by atoms with van der Waals surface area (Å²) in [6, 6.07) is 6.36. The molecule has 6 nitrogen and oxygen atoms in total. The lowest BCUT2D eigenvalue weighted by molar-refractivity contribution is 0.267. The minimum Gasteiger partial charge on any atom is -0.494 e. The van der Waals surface area contributed by atoms with Crippen LogP contribution in [0.15, 0.2) is 18.2 Å². The van der Waals surface area contributed by atoms with Crippen LogP contribution in [-0.2, 0) is 16.6 Å². The van der Waals surface area contributed by atoms with Crippen molar-refractivity contribution in [3.05, 3.63) is 23.8 Å². The Balaban J connectivity index is 3.02. The number of nitrogens with zero attached hydrogens (tertiary/aromatic N) is 1. The van der Waals surface area contributed by atoms with Crippen LogP contribution >= 0.6 is 0 Å². The Morgan fingerprint density at radius 2 is 2.15 bits per heavy atom. The molecule has 0 aliphatic heterocycles. The molecule has 1 aromatic carbocycles. The molecule has 0 aliphatic rings. The maximum Gasteiger partial charge on any atom is 0.249 e. The number of nitriles is 1. The molecule has 0 fully saturated rings. The van der Waals surface area contributed by atoms with Crippen LogP contribution in [0.25, 0.3) is 0 Å². The van der Waals surface area contributed by atoms with Gasteiger partial charge in [-0.2, -0.15) is 5.26 Å². The molecule has 7 heteroatoms. The molecule has 0 saturated carbocycles. The minimum atomic E-state index is -3.76. The van der Waals surface area contributed by atoms with E-state index in [4.69, 9.17) is 10.00 Å². The van der Waals surface area contributed by atoms with E-state index in [9.17, 15) is 13.5 Å². The zero-order valence-corrected chi connectivity index (χ0v) is 12.3. The molecule has 0 spiro atoms. The van der Waals surface area contributed by atoms with Crippen LogP contribution in [0.5, 0.6) is 5.75 Å². The van der Waals surface area contributed by atoms with Gasteiger partial charge >= 0.3 is 0 Å². The summed E-state index contributed by atoms with van der Waals surface area (Å²) in [6.07, 6.45) is 0.204. The monoisotopic (exact) mass is 298 g/mol. The number of hydrogen-bond acceptors (Lipinski definition) is 5. The first-order chi connectivity index (χ1) is 9.48. The van der Waals surface area contributed by atoms with Crippen molar-refractivity contribution < 1.29 is 18.3 Å². The molecular weight excluding hydrogens is 280 g/mol. The van der Waals surface area contributed by atoms with Crippen molar-refractivity contribution in [1.29, 1.82) is 5.26 Å². The van der Waals surface area contributed by atoms with Gasteiger partial charge in [0.15, 0.2) is 5.25 Å². The van der Waals surface area contributed by atoms with Crippen LogP contribution in [0.4, 0.5) is 5.69 Å². The van der Waals surface area contributed by atoms with Gasteiger partial charge in [0, 0.05) is 11.3 Å². The molecule has 0 saturated heterocycles. The number of hydrogen-bond donors (Lipinski definition) is 2. The van der Waals surface area contributed by atoms with Gasteiger partial charge in [0.1, 0.15) is 5.75 Å². The van der Waals surface area contributed by atoms with E-state index in [1.54, 1.807) is 19.1 Å². The van der Waals surface area contributed by atoms with E-state index in [-0.39, 0.29) is 13.0 Å². The van der Waals surface area contributed by atoms with Gasteiger partial charge in [0.05, 0.1) is 19.3 Å². The number of anilines is 1. The predicted octanol–water partition coefficient (Wildman–Crippen LogP) is 1.62. The Kier molecular flexibility index (Phi) is 5.80. The SMILES string of the molecule is CCOc1ccc(NS(=O)(=O)C(C#N)CC)cc1CO. The lowest BCUT2D eigenvalue weighted by atomic mass is 10.2. The van der Waals surface area contributed by atoms with Crippen LogP contribution < -0.4 is 9.46 Å². The highest BCUT2D eigenvalue weighted by molar-refractivity contribution is 7.93. The smallest absolute Gasteiger partial charge is 0.249 e. The van der Waals surface area contributed by atoms with Crippen molar-refractivity contribution in [1.82, 2.24) is 0 Å². The molecule has 0 heterocycles. The number of ether oxygens (including phenoxy) is 1. The van der Waals surface area contributed by atoms with E-state index in [1.807, 2.05) is 6.92 Å². The normalized spacial score (nSPS) is 12.5. The van der Waals surface area contributed by atoms with Crippen LogP contribution in [0.1, 0.15) is 25.8 Å². The Morgan fingerprint density at radius 3 is 2.65 bits per heavy atom. The van der Waals surface area contributed by atoms with Gasteiger partial charge in [-0.1, -0.05) is 6.92 Å². The third-order valence-corrected chi connectivity index (χ3v) is 4.39. The fourth-order valence-corrected chi connectivity index (χ4v) is 2.85. The lowest BCUT2D eigenvalue weighted by Gasteiger charge is -2.14. The third-order valence-electron chi connectivity index (χ3n) is 2.68. The number of benzene rings is 1. The summed E-state index contributed by atoms with van der Waals surface area (Å²) in [7, 11) is -3.76. The second-order valence-corrected chi connectivity index (χ2v) is 5.95. The third kappa shape index (κ3) is 3.85. The van der Waals surface area contributed by atoms with Crippen LogP contribution in [0, 0.1) is 11.3 Å². The molecule has 1 atom stereocenters. The molecule has 0 aliphatic carbocycles. The van der Waals surface area contributed by atoms with E-state index in [0.717, 1.165) is 0 Å². The van der Waals surface area contributed by atoms with Crippen molar-refractivity contribution in [2.45, 2.75) is 32.1 Å². The maximum atomic E-state index is 11.9. The molecule has 110 valence electrons. The Hall–Kier alpha value is -1.78. The number of aliphatic hydroxyl groups excluding tert-OH is 1. The molecule has 0 aromatic heterocycles. The first-order valence-electron chi connectivity index (χ1n) is 6.26. The van der Waals surface area contributed by atoms with Crippen molar-refractivity contribution in [3.8, 4) is 11.8 Å². The maximum absolute atomic E-state index is 11.9. The number of aliphatic hydroxyl groups is 1. The van der Waals surface area contributed by atoms with Crippen LogP contribution in [-0.4, -0.2) is 25.4 Å². The molecule has 1 unspecified atom stereocenters. The van der Waals surface area contributed by atoms with Crippen molar-refractivity contribution in [2.24, 2.45) is 0 Å². The largest absolute Gasteiger partial charge is 0.494 e. The van der Waals surface area contributed by atoms with Gasteiger partial charge in [-0.25, -0.2) is 8.42 Å². The van der Waals surface area contributed by atoms with E-state index < -0.39 is 15.3 Å². The molecule has 2 N–H and O–H groups in total. The topological polar surface area (TPSA) is 99.4 Å². The van der Waals surface area contributed by atoms with E-state index >= 15 is 0 Å². The molecule has 0 bridgehead atoms. The predicted molar refractivity (Wildman–Crippen MR) is 75.8 cm³/mol. The molecule has 20 heavy (non-hydrogen) atoms. The number of nitrogens with one attached hydrogen (secondary N) is 1. The average Bonchev–Trinajstić information content (AvgIpc) is 2.41. The molecule has 0 amide bonds. The summed E-state index contributed by atoms with van der Waals surface area (Å²) < 4.78 is 31.6.